The van der Waals surface area contributed by atoms with Crippen LogP contribution in [0.5, 0.6) is 5.75 Å². The summed E-state index contributed by atoms with van der Waals surface area (Å²) in [6, 6.07) is -6.31. The Balaban J connectivity index is 1.43. The molecule has 8 amide bonds. The lowest BCUT2D eigenvalue weighted by Crippen LogP contribution is -2.89. The number of aldehydes is 1. The molecule has 354 valence electrons. The molecule has 24 nitrogen and oxygen atoms in total. The molecule has 3 saturated heterocycles. The fraction of sp³-hybridized carbons (Fsp3) is 0.625. The Hall–Kier alpha value is -5.79. The van der Waals surface area contributed by atoms with Crippen LogP contribution in [0.25, 0.3) is 0 Å². The van der Waals surface area contributed by atoms with Gasteiger partial charge in [0, 0.05) is 32.4 Å². The maximum atomic E-state index is 13.9. The minimum absolute atomic E-state index is 0.0314. The predicted molar refractivity (Wildman–Crippen MR) is 219 cm³/mol. The summed E-state index contributed by atoms with van der Waals surface area (Å²) >= 11 is 0. The van der Waals surface area contributed by atoms with E-state index in [4.69, 9.17) is 0 Å². The number of nitrogens with zero attached hydrogens (tertiary/aromatic N) is 2. The van der Waals surface area contributed by atoms with Crippen LogP contribution in [-0.4, -0.2) is 201 Å². The third-order valence-electron chi connectivity index (χ3n) is 11.4. The lowest BCUT2D eigenvalue weighted by atomic mass is 10.0. The molecular weight excluding hydrogens is 846 g/mol. The number of carbonyl (C=O) groups excluding carboxylic acids is 9. The number of rotatable bonds is 22. The number of aliphatic hydroxyl groups is 5. The molecule has 0 bridgehead atoms. The van der Waals surface area contributed by atoms with Crippen LogP contribution >= 0.6 is 0 Å². The van der Waals surface area contributed by atoms with E-state index >= 15 is 0 Å². The zero-order chi connectivity index (χ0) is 47.1. The Labute approximate surface area is 367 Å². The number of hydrogen-bond donors (Lipinski definition) is 13. The number of phenolic OH excluding ortho intramolecular Hbond substituents is 1. The number of aromatic hydroxyl groups is 1. The Morgan fingerprint density at radius 2 is 1.17 bits per heavy atom. The summed E-state index contributed by atoms with van der Waals surface area (Å²) in [6.07, 6.45) is 0.775. The van der Waals surface area contributed by atoms with Crippen LogP contribution in [0, 0.1) is 0 Å². The standard InChI is InChI=1S/C40H59N9O15/c1-21(55)32(38(62)46-29(20-54)40(64)48-13-3-6-30(48)36(60)42-23(16-50)17-51)47-37(61)31-7-4-14-49(31)39(63)28(19-53)45-34(58)26(15-22-8-10-24(56)11-9-22)43-35(59)27(18-52)44-33(57)25-5-2-12-41-25/h8-11,16,21,23,25-32,41,51-56H,2-7,12-15,17-20H2,1H3,(H,42,60)(H,43,59)(H,44,57)(H,45,58)(H,46,62)(H,47,61)/p+1/t21-,23-,25+,26+,27+,28+,29+,30+,31+,32+/m1/s1. The molecule has 1 aromatic carbocycles. The first-order valence-electron chi connectivity index (χ1n) is 21.2. The highest BCUT2D eigenvalue weighted by atomic mass is 16.3. The first kappa shape index (κ1) is 50.9. The largest absolute Gasteiger partial charge is 0.508 e. The van der Waals surface area contributed by atoms with E-state index in [9.17, 15) is 73.8 Å². The highest BCUT2D eigenvalue weighted by Gasteiger charge is 2.42. The van der Waals surface area contributed by atoms with Gasteiger partial charge < -0.3 is 82.5 Å². The highest BCUT2D eigenvalue weighted by molar-refractivity contribution is 5.98. The van der Waals surface area contributed by atoms with Crippen LogP contribution in [0.15, 0.2) is 24.3 Å². The summed E-state index contributed by atoms with van der Waals surface area (Å²) < 4.78 is 0. The van der Waals surface area contributed by atoms with Crippen molar-refractivity contribution in [2.75, 3.05) is 46.1 Å². The van der Waals surface area contributed by atoms with E-state index in [0.29, 0.717) is 24.7 Å². The van der Waals surface area contributed by atoms with Crippen LogP contribution in [0.2, 0.25) is 0 Å². The van der Waals surface area contributed by atoms with Crippen molar-refractivity contribution in [1.29, 1.82) is 0 Å². The van der Waals surface area contributed by atoms with E-state index in [1.54, 1.807) is 5.32 Å². The molecule has 1 aromatic rings. The third kappa shape index (κ3) is 13.4. The number of nitrogens with two attached hydrogens (primary N) is 1. The zero-order valence-electron chi connectivity index (χ0n) is 35.4. The van der Waals surface area contributed by atoms with Crippen LogP contribution in [0.4, 0.5) is 0 Å². The number of hydrogen-bond acceptors (Lipinski definition) is 15. The second-order valence-electron chi connectivity index (χ2n) is 16.0. The molecule has 3 fully saturated rings. The van der Waals surface area contributed by atoms with Crippen LogP contribution < -0.4 is 37.2 Å². The molecule has 3 heterocycles. The van der Waals surface area contributed by atoms with Gasteiger partial charge in [-0.05, 0) is 50.3 Å². The Morgan fingerprint density at radius 1 is 0.656 bits per heavy atom. The molecular formula is C40H60N9O15+. The summed E-state index contributed by atoms with van der Waals surface area (Å²) in [5.74, 6) is -6.98. The van der Waals surface area contributed by atoms with Crippen molar-refractivity contribution < 1.29 is 79.1 Å². The van der Waals surface area contributed by atoms with E-state index < -0.39 is 134 Å². The first-order valence-corrected chi connectivity index (χ1v) is 21.2. The third-order valence-corrected chi connectivity index (χ3v) is 11.4. The van der Waals surface area contributed by atoms with Gasteiger partial charge in [0.15, 0.2) is 6.04 Å². The Morgan fingerprint density at radius 3 is 1.66 bits per heavy atom. The number of likely N-dealkylation sites (tertiary alicyclic amines) is 2. The number of nitrogens with one attached hydrogen (secondary N) is 6. The van der Waals surface area contributed by atoms with Gasteiger partial charge in [-0.15, -0.1) is 0 Å². The molecule has 0 saturated carbocycles. The van der Waals surface area contributed by atoms with E-state index in [0.717, 1.165) is 22.8 Å². The Kier molecular flexibility index (Phi) is 19.3. The molecule has 3 aliphatic rings. The van der Waals surface area contributed by atoms with Gasteiger partial charge >= 0.3 is 0 Å². The van der Waals surface area contributed by atoms with Crippen molar-refractivity contribution in [3.63, 3.8) is 0 Å². The lowest BCUT2D eigenvalue weighted by Gasteiger charge is -2.31. The normalized spacial score (nSPS) is 21.6. The molecule has 3 aliphatic heterocycles. The number of amides is 8. The van der Waals surface area contributed by atoms with Crippen LogP contribution in [-0.2, 0) is 49.6 Å². The van der Waals surface area contributed by atoms with Gasteiger partial charge in [-0.25, -0.2) is 0 Å². The SMILES string of the molecule is C[C@@H](O)[C@H](NC(=O)[C@@H]1CCCN1C(=O)[C@H](CO)NC(=O)[C@H](Cc1ccc(O)cc1)NC(=O)[C@H](CO)NC(=O)[C@@H]1CCC[NH2+]1)C(=O)N[C@@H](CO)C(=O)N1CCC[C@H]1C(=O)N[C@H](C=O)CO. The molecule has 24 heteroatoms. The number of phenols is 1. The predicted octanol–water partition coefficient (Wildman–Crippen LogP) is -7.90. The topological polar surface area (TPSA) is 370 Å². The van der Waals surface area contributed by atoms with Gasteiger partial charge in [0.25, 0.3) is 5.91 Å². The monoisotopic (exact) mass is 906 g/mol. The van der Waals surface area contributed by atoms with Crippen molar-refractivity contribution >= 4 is 53.5 Å². The van der Waals surface area contributed by atoms with Gasteiger partial charge in [0.05, 0.1) is 39.1 Å². The van der Waals surface area contributed by atoms with E-state index in [-0.39, 0.29) is 44.5 Å². The molecule has 14 N–H and O–H groups in total. The van der Waals surface area contributed by atoms with Crippen molar-refractivity contribution in [2.45, 2.75) is 112 Å². The van der Waals surface area contributed by atoms with E-state index in [1.807, 2.05) is 0 Å². The lowest BCUT2D eigenvalue weighted by molar-refractivity contribution is -0.657. The highest BCUT2D eigenvalue weighted by Crippen LogP contribution is 2.21. The molecule has 0 unspecified atom stereocenters. The maximum absolute atomic E-state index is 13.9. The molecule has 0 spiro atoms. The van der Waals surface area contributed by atoms with Gasteiger partial charge in [0.2, 0.25) is 41.4 Å². The quantitative estimate of drug-likeness (QED) is 0.0481. The maximum Gasteiger partial charge on any atom is 0.278 e. The Bertz CT molecular complexity index is 1830. The first-order chi connectivity index (χ1) is 30.6. The number of carbonyl (C=O) groups is 9. The summed E-state index contributed by atoms with van der Waals surface area (Å²) in [6.45, 7) is -1.48. The van der Waals surface area contributed by atoms with E-state index in [1.165, 1.54) is 31.2 Å². The summed E-state index contributed by atoms with van der Waals surface area (Å²) in [5, 5.41) is 76.1. The molecule has 0 radical (unpaired) electrons. The molecule has 4 rings (SSSR count). The van der Waals surface area contributed by atoms with Gasteiger partial charge in [0.1, 0.15) is 60.4 Å². The fourth-order valence-electron chi connectivity index (χ4n) is 7.80. The smallest absolute Gasteiger partial charge is 0.278 e. The molecule has 10 atom stereocenters. The molecule has 0 aromatic heterocycles. The number of benzene rings is 1. The number of aliphatic hydroxyl groups excluding tert-OH is 5. The minimum Gasteiger partial charge on any atom is -0.508 e. The van der Waals surface area contributed by atoms with Crippen molar-refractivity contribution in [1.82, 2.24) is 41.7 Å². The van der Waals surface area contributed by atoms with Crippen LogP contribution in [0.1, 0.15) is 51.0 Å². The average molecular weight is 907 g/mol. The second kappa shape index (κ2) is 24.3. The molecule has 0 aliphatic carbocycles. The second-order valence-corrected chi connectivity index (χ2v) is 16.0. The summed E-state index contributed by atoms with van der Waals surface area (Å²) in [7, 11) is 0. The average Bonchev–Trinajstić information content (AvgIpc) is 4.11. The fourth-order valence-corrected chi connectivity index (χ4v) is 7.80. The van der Waals surface area contributed by atoms with Gasteiger partial charge in [-0.3, -0.25) is 38.4 Å². The zero-order valence-corrected chi connectivity index (χ0v) is 35.4. The summed E-state index contributed by atoms with van der Waals surface area (Å²) in [4.78, 5) is 120. The van der Waals surface area contributed by atoms with Crippen molar-refractivity contribution in [3.8, 4) is 5.75 Å². The minimum atomic E-state index is -1.73. The van der Waals surface area contributed by atoms with Crippen molar-refractivity contribution in [2.24, 2.45) is 0 Å². The summed E-state index contributed by atoms with van der Waals surface area (Å²) in [5.41, 5.74) is 0.452. The molecule has 64 heavy (non-hydrogen) atoms. The van der Waals surface area contributed by atoms with Crippen LogP contribution in [0.3, 0.4) is 0 Å². The van der Waals surface area contributed by atoms with Gasteiger partial charge in [-0.1, -0.05) is 12.1 Å². The van der Waals surface area contributed by atoms with E-state index in [2.05, 4.69) is 31.9 Å². The number of quaternary nitrogens is 1. The van der Waals surface area contributed by atoms with Crippen molar-refractivity contribution in [3.05, 3.63) is 29.8 Å². The van der Waals surface area contributed by atoms with Gasteiger partial charge in [-0.2, -0.15) is 0 Å².